The van der Waals surface area contributed by atoms with Gasteiger partial charge < -0.3 is 15.4 Å². The van der Waals surface area contributed by atoms with E-state index < -0.39 is 12.0 Å². The molecule has 5 nitrogen and oxygen atoms in total. The van der Waals surface area contributed by atoms with Crippen LogP contribution < -0.4 is 5.32 Å². The van der Waals surface area contributed by atoms with Crippen LogP contribution in [0.15, 0.2) is 12.3 Å². The van der Waals surface area contributed by atoms with Crippen LogP contribution in [-0.2, 0) is 4.79 Å². The van der Waals surface area contributed by atoms with Crippen LogP contribution in [-0.4, -0.2) is 40.0 Å². The number of carbonyl (C=O) groups is 2. The van der Waals surface area contributed by atoms with Gasteiger partial charge in [-0.25, -0.2) is 4.79 Å². The number of thioether (sulfide) groups is 1. The summed E-state index contributed by atoms with van der Waals surface area (Å²) in [5, 5.41) is 11.5. The number of aryl methyl sites for hydroxylation is 1. The summed E-state index contributed by atoms with van der Waals surface area (Å²) in [6.45, 7) is 1.77. The van der Waals surface area contributed by atoms with E-state index in [2.05, 4.69) is 10.3 Å². The first-order valence-corrected chi connectivity index (χ1v) is 6.62. The summed E-state index contributed by atoms with van der Waals surface area (Å²) >= 11 is 1.55. The van der Waals surface area contributed by atoms with Crippen molar-refractivity contribution in [3.63, 3.8) is 0 Å². The number of nitrogens with one attached hydrogen (secondary N) is 2. The second kappa shape index (κ2) is 6.34. The minimum atomic E-state index is -0.999. The molecule has 0 radical (unpaired) electrons. The molecule has 0 saturated heterocycles. The molecule has 0 aliphatic rings. The predicted molar refractivity (Wildman–Crippen MR) is 67.4 cm³/mol. The Bertz CT molecular complexity index is 403. The van der Waals surface area contributed by atoms with Crippen LogP contribution in [0.25, 0.3) is 0 Å². The number of hydrogen-bond donors (Lipinski definition) is 3. The molecular weight excluding hydrogens is 240 g/mol. The third kappa shape index (κ3) is 3.81. The highest BCUT2D eigenvalue weighted by molar-refractivity contribution is 7.98. The van der Waals surface area contributed by atoms with E-state index in [1.165, 1.54) is 0 Å². The molecule has 0 bridgehead atoms. The highest BCUT2D eigenvalue weighted by Crippen LogP contribution is 2.07. The second-order valence-corrected chi connectivity index (χ2v) is 4.65. The van der Waals surface area contributed by atoms with E-state index in [1.54, 1.807) is 30.9 Å². The average Bonchev–Trinajstić information content (AvgIpc) is 2.70. The Labute approximate surface area is 104 Å². The number of carbonyl (C=O) groups excluding carboxylic acids is 1. The van der Waals surface area contributed by atoms with Crippen molar-refractivity contribution in [1.82, 2.24) is 10.3 Å². The molecule has 94 valence electrons. The van der Waals surface area contributed by atoms with Gasteiger partial charge in [-0.3, -0.25) is 4.79 Å². The standard InChI is InChI=1S/C11H16N2O3S/c1-7-8(3-5-12-7)10(14)13-9(11(15)16)4-6-17-2/h3,5,9,12H,4,6H2,1-2H3,(H,13,14)(H,15,16)/t9-/m1/s1. The van der Waals surface area contributed by atoms with Crippen LogP contribution in [0, 0.1) is 6.92 Å². The monoisotopic (exact) mass is 256 g/mol. The molecule has 1 aromatic heterocycles. The minimum Gasteiger partial charge on any atom is -0.480 e. The number of H-pyrrole nitrogens is 1. The molecule has 0 aromatic carbocycles. The topological polar surface area (TPSA) is 82.2 Å². The molecule has 0 aliphatic heterocycles. The molecule has 1 rings (SSSR count). The summed E-state index contributed by atoms with van der Waals surface area (Å²) in [6.07, 6.45) is 3.98. The molecule has 6 heteroatoms. The summed E-state index contributed by atoms with van der Waals surface area (Å²) in [6, 6.07) is 0.808. The Morgan fingerprint density at radius 3 is 2.76 bits per heavy atom. The van der Waals surface area contributed by atoms with E-state index in [9.17, 15) is 9.59 Å². The zero-order valence-corrected chi connectivity index (χ0v) is 10.6. The maximum atomic E-state index is 11.8. The van der Waals surface area contributed by atoms with Gasteiger partial charge in [-0.1, -0.05) is 0 Å². The van der Waals surface area contributed by atoms with Crippen LogP contribution in [0.1, 0.15) is 22.5 Å². The Balaban J connectivity index is 2.64. The molecular formula is C11H16N2O3S. The molecule has 1 atom stereocenters. The number of aromatic amines is 1. The smallest absolute Gasteiger partial charge is 0.326 e. The lowest BCUT2D eigenvalue weighted by Crippen LogP contribution is -2.41. The molecule has 1 aromatic rings. The highest BCUT2D eigenvalue weighted by Gasteiger charge is 2.21. The molecule has 1 heterocycles. The third-order valence-corrected chi connectivity index (χ3v) is 3.06. The van der Waals surface area contributed by atoms with Crippen molar-refractivity contribution in [3.05, 3.63) is 23.5 Å². The van der Waals surface area contributed by atoms with E-state index in [4.69, 9.17) is 5.11 Å². The number of aromatic nitrogens is 1. The SMILES string of the molecule is CSCC[C@@H](NC(=O)c1cc[nH]c1C)C(=O)O. The second-order valence-electron chi connectivity index (χ2n) is 3.66. The van der Waals surface area contributed by atoms with Gasteiger partial charge in [-0.2, -0.15) is 11.8 Å². The molecule has 0 spiro atoms. The Morgan fingerprint density at radius 1 is 1.59 bits per heavy atom. The molecule has 3 N–H and O–H groups in total. The number of carboxylic acid groups (broad SMARTS) is 1. The van der Waals surface area contributed by atoms with Gasteiger partial charge in [-0.15, -0.1) is 0 Å². The first kappa shape index (κ1) is 13.6. The van der Waals surface area contributed by atoms with Crippen molar-refractivity contribution >= 4 is 23.6 Å². The van der Waals surface area contributed by atoms with E-state index in [-0.39, 0.29) is 5.91 Å². The Hall–Kier alpha value is -1.43. The number of aliphatic carboxylic acids is 1. The molecule has 17 heavy (non-hydrogen) atoms. The van der Waals surface area contributed by atoms with Gasteiger partial charge in [-0.05, 0) is 31.4 Å². The fourth-order valence-corrected chi connectivity index (χ4v) is 1.90. The average molecular weight is 256 g/mol. The van der Waals surface area contributed by atoms with Crippen LogP contribution >= 0.6 is 11.8 Å². The summed E-state index contributed by atoms with van der Waals surface area (Å²) in [4.78, 5) is 25.6. The van der Waals surface area contributed by atoms with E-state index in [0.717, 1.165) is 5.69 Å². The predicted octanol–water partition coefficient (Wildman–Crippen LogP) is 1.26. The molecule has 0 saturated carbocycles. The number of rotatable bonds is 6. The summed E-state index contributed by atoms with van der Waals surface area (Å²) in [7, 11) is 0. The van der Waals surface area contributed by atoms with Crippen molar-refractivity contribution in [1.29, 1.82) is 0 Å². The van der Waals surface area contributed by atoms with Crippen molar-refractivity contribution in [2.45, 2.75) is 19.4 Å². The first-order valence-electron chi connectivity index (χ1n) is 5.23. The fraction of sp³-hybridized carbons (Fsp3) is 0.455. The molecule has 0 aliphatic carbocycles. The van der Waals surface area contributed by atoms with Gasteiger partial charge in [0, 0.05) is 11.9 Å². The number of hydrogen-bond acceptors (Lipinski definition) is 3. The first-order chi connectivity index (χ1) is 8.06. The van der Waals surface area contributed by atoms with Crippen molar-refractivity contribution in [3.8, 4) is 0 Å². The Morgan fingerprint density at radius 2 is 2.29 bits per heavy atom. The lowest BCUT2D eigenvalue weighted by atomic mass is 10.2. The van der Waals surface area contributed by atoms with Gasteiger partial charge >= 0.3 is 5.97 Å². The number of amides is 1. The third-order valence-electron chi connectivity index (χ3n) is 2.41. The zero-order chi connectivity index (χ0) is 12.8. The summed E-state index contributed by atoms with van der Waals surface area (Å²) in [5.74, 6) is -0.651. The summed E-state index contributed by atoms with van der Waals surface area (Å²) in [5.41, 5.74) is 1.22. The van der Waals surface area contributed by atoms with Gasteiger partial charge in [0.2, 0.25) is 0 Å². The van der Waals surface area contributed by atoms with Gasteiger partial charge in [0.15, 0.2) is 0 Å². The van der Waals surface area contributed by atoms with Crippen LogP contribution in [0.4, 0.5) is 0 Å². The maximum Gasteiger partial charge on any atom is 0.326 e. The van der Waals surface area contributed by atoms with Crippen LogP contribution in [0.5, 0.6) is 0 Å². The van der Waals surface area contributed by atoms with Gasteiger partial charge in [0.1, 0.15) is 6.04 Å². The van der Waals surface area contributed by atoms with Gasteiger partial charge in [0.25, 0.3) is 5.91 Å². The van der Waals surface area contributed by atoms with E-state index in [0.29, 0.717) is 17.7 Å². The van der Waals surface area contributed by atoms with Crippen LogP contribution in [0.2, 0.25) is 0 Å². The normalized spacial score (nSPS) is 12.1. The van der Waals surface area contributed by atoms with Gasteiger partial charge in [0.05, 0.1) is 5.56 Å². The summed E-state index contributed by atoms with van der Waals surface area (Å²) < 4.78 is 0. The quantitative estimate of drug-likeness (QED) is 0.715. The zero-order valence-electron chi connectivity index (χ0n) is 9.82. The highest BCUT2D eigenvalue weighted by atomic mass is 32.2. The molecule has 1 amide bonds. The molecule has 0 unspecified atom stereocenters. The van der Waals surface area contributed by atoms with E-state index >= 15 is 0 Å². The van der Waals surface area contributed by atoms with E-state index in [1.807, 2.05) is 6.26 Å². The maximum absolute atomic E-state index is 11.8. The fourth-order valence-electron chi connectivity index (χ4n) is 1.43. The number of carboxylic acids is 1. The van der Waals surface area contributed by atoms with Crippen LogP contribution in [0.3, 0.4) is 0 Å². The molecule has 0 fully saturated rings. The minimum absolute atomic E-state index is 0.350. The lowest BCUT2D eigenvalue weighted by molar-refractivity contribution is -0.139. The largest absolute Gasteiger partial charge is 0.480 e. The Kier molecular flexibility index (Phi) is 5.09. The van der Waals surface area contributed by atoms with Crippen molar-refractivity contribution < 1.29 is 14.7 Å². The van der Waals surface area contributed by atoms with Crippen molar-refractivity contribution in [2.24, 2.45) is 0 Å². The van der Waals surface area contributed by atoms with Crippen molar-refractivity contribution in [2.75, 3.05) is 12.0 Å². The lowest BCUT2D eigenvalue weighted by Gasteiger charge is -2.13.